The third-order valence-corrected chi connectivity index (χ3v) is 7.29. The van der Waals surface area contributed by atoms with Gasteiger partial charge in [-0.2, -0.15) is 4.39 Å². The van der Waals surface area contributed by atoms with Crippen LogP contribution in [0.5, 0.6) is 11.5 Å². The van der Waals surface area contributed by atoms with Gasteiger partial charge in [0, 0.05) is 38.3 Å². The lowest BCUT2D eigenvalue weighted by Gasteiger charge is -2.18. The second kappa shape index (κ2) is 11.2. The Morgan fingerprint density at radius 1 is 1.13 bits per heavy atom. The van der Waals surface area contributed by atoms with Crippen LogP contribution >= 0.6 is 11.3 Å². The molecule has 0 bridgehead atoms. The lowest BCUT2D eigenvalue weighted by Crippen LogP contribution is -2.30. The number of pyridine rings is 2. The molecule has 39 heavy (non-hydrogen) atoms. The van der Waals surface area contributed by atoms with E-state index >= 15 is 0 Å². The van der Waals surface area contributed by atoms with Crippen molar-refractivity contribution >= 4 is 44.9 Å². The van der Waals surface area contributed by atoms with Gasteiger partial charge in [-0.3, -0.25) is 14.8 Å². The summed E-state index contributed by atoms with van der Waals surface area (Å²) in [4.78, 5) is 34.3. The smallest absolute Gasteiger partial charge is 0.319 e. The first-order valence-corrected chi connectivity index (χ1v) is 13.1. The lowest BCUT2D eigenvalue weighted by atomic mass is 10.2. The number of amides is 2. The Balaban J connectivity index is 1.32. The van der Waals surface area contributed by atoms with Gasteiger partial charge in [0.1, 0.15) is 5.75 Å². The first kappa shape index (κ1) is 26.3. The van der Waals surface area contributed by atoms with Crippen LogP contribution in [-0.2, 0) is 4.79 Å². The molecule has 3 aromatic heterocycles. The van der Waals surface area contributed by atoms with Gasteiger partial charge in [-0.1, -0.05) is 0 Å². The average molecular weight is 554 g/mol. The molecular weight excluding hydrogens is 528 g/mol. The van der Waals surface area contributed by atoms with Crippen molar-refractivity contribution in [2.45, 2.75) is 31.7 Å². The molecule has 1 aliphatic rings. The van der Waals surface area contributed by atoms with E-state index in [2.05, 4.69) is 20.6 Å². The van der Waals surface area contributed by atoms with Crippen LogP contribution in [0.25, 0.3) is 20.8 Å². The molecule has 4 aromatic rings. The highest BCUT2D eigenvalue weighted by atomic mass is 32.1. The predicted molar refractivity (Wildman–Crippen MR) is 145 cm³/mol. The van der Waals surface area contributed by atoms with E-state index in [1.54, 1.807) is 12.3 Å². The normalized spacial score (nSPS) is 12.8. The van der Waals surface area contributed by atoms with Gasteiger partial charge in [-0.15, -0.1) is 11.3 Å². The number of anilines is 2. The summed E-state index contributed by atoms with van der Waals surface area (Å²) in [6.07, 6.45) is 5.60. The predicted octanol–water partition coefficient (Wildman–Crippen LogP) is 6.01. The number of carboxylic acid groups (broad SMARTS) is 1. The van der Waals surface area contributed by atoms with Gasteiger partial charge in [-0.05, 0) is 49.6 Å². The summed E-state index contributed by atoms with van der Waals surface area (Å²) in [6.45, 7) is 0.586. The van der Waals surface area contributed by atoms with Crippen molar-refractivity contribution in [1.82, 2.24) is 15.3 Å². The number of aliphatic carboxylic acids is 1. The number of benzene rings is 1. The molecule has 3 N–H and O–H groups in total. The van der Waals surface area contributed by atoms with Crippen LogP contribution < -0.4 is 20.3 Å². The summed E-state index contributed by atoms with van der Waals surface area (Å²) in [6, 6.07) is 9.17. The summed E-state index contributed by atoms with van der Waals surface area (Å²) >= 11 is 1.35. The quantitative estimate of drug-likeness (QED) is 0.220. The molecule has 3 heterocycles. The van der Waals surface area contributed by atoms with Crippen molar-refractivity contribution in [3.8, 4) is 22.1 Å². The van der Waals surface area contributed by atoms with Gasteiger partial charge in [0.05, 0.1) is 38.4 Å². The Morgan fingerprint density at radius 3 is 2.67 bits per heavy atom. The van der Waals surface area contributed by atoms with Crippen molar-refractivity contribution < 1.29 is 28.2 Å². The van der Waals surface area contributed by atoms with Gasteiger partial charge < -0.3 is 25.4 Å². The number of rotatable bonds is 10. The van der Waals surface area contributed by atoms with Gasteiger partial charge >= 0.3 is 12.0 Å². The maximum absolute atomic E-state index is 14.8. The van der Waals surface area contributed by atoms with Gasteiger partial charge in [0.25, 0.3) is 0 Å². The van der Waals surface area contributed by atoms with Gasteiger partial charge in [-0.25, -0.2) is 9.18 Å². The van der Waals surface area contributed by atoms with Crippen molar-refractivity contribution in [2.24, 2.45) is 0 Å². The molecule has 9 nitrogen and oxygen atoms in total. The topological polar surface area (TPSA) is 117 Å². The standard InChI is InChI=1S/C27H25F2N5O4S/c1-34(12-2-3-23(35)36)16-6-7-17(31-14-16)22-13-19-26(39-22)21(10-11-30-19)38-20-9-8-18(24(28)25(20)29)33-27(37)32-15-4-5-15/h6-11,13-15H,2-5,12H2,1H3,(H,35,36)(H2,32,33,37). The molecule has 0 atom stereocenters. The van der Waals surface area contributed by atoms with Crippen LogP contribution in [0, 0.1) is 11.6 Å². The zero-order valence-electron chi connectivity index (χ0n) is 20.9. The first-order valence-electron chi connectivity index (χ1n) is 12.3. The maximum atomic E-state index is 14.8. The summed E-state index contributed by atoms with van der Waals surface area (Å²) in [5.41, 5.74) is 1.88. The van der Waals surface area contributed by atoms with Crippen LogP contribution in [0.3, 0.4) is 0 Å². The van der Waals surface area contributed by atoms with Crippen LogP contribution in [0.2, 0.25) is 0 Å². The number of nitrogens with zero attached hydrogens (tertiary/aromatic N) is 3. The fraction of sp³-hybridized carbons (Fsp3) is 0.259. The highest BCUT2D eigenvalue weighted by Crippen LogP contribution is 2.40. The van der Waals surface area contributed by atoms with E-state index in [4.69, 9.17) is 9.84 Å². The molecule has 0 aliphatic heterocycles. The number of halogens is 2. The SMILES string of the molecule is CN(CCCC(=O)O)c1ccc(-c2cc3nccc(Oc4ccc(NC(=O)NC5CC5)c(F)c4F)c3s2)nc1. The van der Waals surface area contributed by atoms with Crippen LogP contribution in [-0.4, -0.2) is 46.7 Å². The molecular formula is C27H25F2N5O4S. The third-order valence-electron chi connectivity index (χ3n) is 6.13. The highest BCUT2D eigenvalue weighted by Gasteiger charge is 2.24. The summed E-state index contributed by atoms with van der Waals surface area (Å²) in [7, 11) is 1.87. The minimum Gasteiger partial charge on any atom is -0.481 e. The number of hydrogen-bond acceptors (Lipinski definition) is 7. The van der Waals surface area contributed by atoms with E-state index in [0.717, 1.165) is 23.4 Å². The van der Waals surface area contributed by atoms with E-state index in [1.807, 2.05) is 30.1 Å². The highest BCUT2D eigenvalue weighted by molar-refractivity contribution is 7.22. The number of urea groups is 1. The molecule has 0 unspecified atom stereocenters. The number of carbonyl (C=O) groups excluding carboxylic acids is 1. The van der Waals surface area contributed by atoms with Crippen molar-refractivity contribution in [3.05, 3.63) is 60.4 Å². The molecule has 12 heteroatoms. The fourth-order valence-corrected chi connectivity index (χ4v) is 4.91. The molecule has 1 aliphatic carbocycles. The second-order valence-electron chi connectivity index (χ2n) is 9.17. The number of carboxylic acids is 1. The van der Waals surface area contributed by atoms with Gasteiger partial charge in [0.15, 0.2) is 11.6 Å². The molecule has 0 radical (unpaired) electrons. The number of hydrogen-bond donors (Lipinski definition) is 3. The molecule has 202 valence electrons. The molecule has 5 rings (SSSR count). The second-order valence-corrected chi connectivity index (χ2v) is 10.2. The van der Waals surface area contributed by atoms with Crippen LogP contribution in [0.4, 0.5) is 25.0 Å². The molecule has 0 spiro atoms. The zero-order valence-corrected chi connectivity index (χ0v) is 21.7. The number of thiophene rings is 1. The lowest BCUT2D eigenvalue weighted by molar-refractivity contribution is -0.137. The zero-order chi connectivity index (χ0) is 27.5. The Morgan fingerprint density at radius 2 is 1.95 bits per heavy atom. The summed E-state index contributed by atoms with van der Waals surface area (Å²) in [5.74, 6) is -3.28. The monoisotopic (exact) mass is 553 g/mol. The van der Waals surface area contributed by atoms with Crippen molar-refractivity contribution in [1.29, 1.82) is 0 Å². The van der Waals surface area contributed by atoms with Gasteiger partial charge in [0.2, 0.25) is 5.82 Å². The minimum atomic E-state index is -1.22. The number of nitrogens with one attached hydrogen (secondary N) is 2. The van der Waals surface area contributed by atoms with Crippen molar-refractivity contribution in [3.63, 3.8) is 0 Å². The Bertz CT molecular complexity index is 1520. The van der Waals surface area contributed by atoms with E-state index in [-0.39, 0.29) is 23.9 Å². The van der Waals surface area contributed by atoms with E-state index in [9.17, 15) is 18.4 Å². The van der Waals surface area contributed by atoms with E-state index in [0.29, 0.717) is 34.6 Å². The average Bonchev–Trinajstić information content (AvgIpc) is 3.61. The van der Waals surface area contributed by atoms with Crippen molar-refractivity contribution in [2.75, 3.05) is 23.8 Å². The Labute approximate surface area is 226 Å². The number of aromatic nitrogens is 2. The molecule has 1 aromatic carbocycles. The molecule has 1 saturated carbocycles. The molecule has 1 fully saturated rings. The first-order chi connectivity index (χ1) is 18.8. The number of ether oxygens (including phenoxy) is 1. The summed E-state index contributed by atoms with van der Waals surface area (Å²) < 4.78 is 35.9. The van der Waals surface area contributed by atoms with Crippen LogP contribution in [0.1, 0.15) is 25.7 Å². The minimum absolute atomic E-state index is 0.0789. The maximum Gasteiger partial charge on any atom is 0.319 e. The van der Waals surface area contributed by atoms with E-state index in [1.165, 1.54) is 29.7 Å². The Hall–Kier alpha value is -4.32. The molecule has 0 saturated heterocycles. The number of carbonyl (C=O) groups is 2. The van der Waals surface area contributed by atoms with E-state index < -0.39 is 23.6 Å². The fourth-order valence-electron chi connectivity index (χ4n) is 3.87. The summed E-state index contributed by atoms with van der Waals surface area (Å²) in [5, 5.41) is 13.8. The molecule has 2 amide bonds. The Kier molecular flexibility index (Phi) is 7.55. The number of fused-ring (bicyclic) bond motifs is 1. The largest absolute Gasteiger partial charge is 0.481 e. The third kappa shape index (κ3) is 6.23. The van der Waals surface area contributed by atoms with Crippen LogP contribution in [0.15, 0.2) is 48.8 Å².